The van der Waals surface area contributed by atoms with E-state index in [0.29, 0.717) is 22.8 Å². The highest BCUT2D eigenvalue weighted by Gasteiger charge is 2.26. The maximum atomic E-state index is 10.6. The smallest absolute Gasteiger partial charge is 0.155 e. The van der Waals surface area contributed by atoms with Crippen molar-refractivity contribution in [2.24, 2.45) is 0 Å². The summed E-state index contributed by atoms with van der Waals surface area (Å²) in [6.45, 7) is 0.170. The van der Waals surface area contributed by atoms with E-state index in [-0.39, 0.29) is 6.54 Å². The third-order valence-electron chi connectivity index (χ3n) is 2.37. The Hall–Kier alpha value is -1.33. The number of carboxylic acid groups (broad SMARTS) is 1. The van der Waals surface area contributed by atoms with Crippen LogP contribution in [0.4, 0.5) is 4.79 Å². The van der Waals surface area contributed by atoms with E-state index in [1.165, 1.54) is 6.07 Å². The van der Waals surface area contributed by atoms with E-state index < -0.39 is 12.3 Å². The van der Waals surface area contributed by atoms with Gasteiger partial charge in [0.2, 0.25) is 0 Å². The maximum absolute atomic E-state index is 10.6. The topological polar surface area (TPSA) is 76.5 Å². The highest BCUT2D eigenvalue weighted by atomic mass is 35.5. The highest BCUT2D eigenvalue weighted by molar-refractivity contribution is 6.29. The average Bonchev–Trinajstić information content (AvgIpc) is 2.17. The molecule has 5 nitrogen and oxygen atoms in total. The number of amides is 1. The predicted octanol–water partition coefficient (Wildman–Crippen LogP) is -0.0727. The first-order valence-electron chi connectivity index (χ1n) is 4.40. The Morgan fingerprint density at radius 2 is 2.40 bits per heavy atom. The molecule has 1 aliphatic rings. The lowest BCUT2D eigenvalue weighted by molar-refractivity contribution is -0.274. The van der Waals surface area contributed by atoms with Crippen LogP contribution in [0.25, 0.3) is 0 Å². The quantitative estimate of drug-likeness (QED) is 0.630. The molecule has 80 valence electrons. The molecule has 0 fully saturated rings. The van der Waals surface area contributed by atoms with Gasteiger partial charge < -0.3 is 19.9 Å². The third-order valence-corrected chi connectivity index (χ3v) is 2.58. The number of hydrogen-bond acceptors (Lipinski definition) is 4. The van der Waals surface area contributed by atoms with Gasteiger partial charge in [-0.05, 0) is 12.1 Å². The zero-order valence-corrected chi connectivity index (χ0v) is 8.44. The first kappa shape index (κ1) is 10.2. The van der Waals surface area contributed by atoms with Gasteiger partial charge in [-0.25, -0.2) is 4.98 Å². The summed E-state index contributed by atoms with van der Waals surface area (Å²) in [5.74, 6) is 0. The molecule has 6 heteroatoms. The molecule has 2 heterocycles. The Morgan fingerprint density at radius 3 is 3.07 bits per heavy atom. The molecule has 15 heavy (non-hydrogen) atoms. The van der Waals surface area contributed by atoms with Crippen molar-refractivity contribution in [3.63, 3.8) is 0 Å². The Balaban J connectivity index is 2.38. The first-order chi connectivity index (χ1) is 7.09. The van der Waals surface area contributed by atoms with E-state index in [9.17, 15) is 15.0 Å². The molecule has 1 aromatic heterocycles. The summed E-state index contributed by atoms with van der Waals surface area (Å²) in [6, 6.07) is 3.09. The number of hydrogen-bond donors (Lipinski definition) is 1. The van der Waals surface area contributed by atoms with Crippen molar-refractivity contribution in [2.45, 2.75) is 12.6 Å². The summed E-state index contributed by atoms with van der Waals surface area (Å²) in [7, 11) is 0. The standard InChI is InChI=1S/C9H9ClN2O3/c10-7-2-1-5-6(11-7)3-4-12(8(5)13)9(14)15/h1-2,8,13H,3-4H2,(H,14,15)/p-1. The molecule has 0 saturated heterocycles. The van der Waals surface area contributed by atoms with Gasteiger partial charge in [0, 0.05) is 18.5 Å². The number of aliphatic hydroxyl groups excluding tert-OH is 1. The minimum Gasteiger partial charge on any atom is -0.530 e. The molecule has 1 unspecified atom stereocenters. The second-order valence-corrected chi connectivity index (χ2v) is 3.64. The van der Waals surface area contributed by atoms with Crippen LogP contribution >= 0.6 is 11.6 Å². The highest BCUT2D eigenvalue weighted by Crippen LogP contribution is 2.27. The van der Waals surface area contributed by atoms with Crippen molar-refractivity contribution in [3.05, 3.63) is 28.5 Å². The number of rotatable bonds is 0. The van der Waals surface area contributed by atoms with Crippen molar-refractivity contribution in [1.29, 1.82) is 0 Å². The summed E-state index contributed by atoms with van der Waals surface area (Å²) in [4.78, 5) is 15.5. The van der Waals surface area contributed by atoms with Crippen molar-refractivity contribution in [2.75, 3.05) is 6.54 Å². The number of halogens is 1. The molecule has 1 aromatic rings. The molecule has 1 aliphatic heterocycles. The summed E-state index contributed by atoms with van der Waals surface area (Å²) < 4.78 is 0. The number of fused-ring (bicyclic) bond motifs is 1. The summed E-state index contributed by atoms with van der Waals surface area (Å²) >= 11 is 5.69. The number of pyridine rings is 1. The van der Waals surface area contributed by atoms with Crippen LogP contribution in [-0.2, 0) is 6.42 Å². The van der Waals surface area contributed by atoms with Crippen LogP contribution in [0.15, 0.2) is 12.1 Å². The SMILES string of the molecule is O=C([O-])N1CCc2nc(Cl)ccc2C1O. The summed E-state index contributed by atoms with van der Waals surface area (Å²) in [5.41, 5.74) is 1.10. The Bertz CT molecular complexity index is 410. The molecule has 0 aromatic carbocycles. The fourth-order valence-electron chi connectivity index (χ4n) is 1.63. The second-order valence-electron chi connectivity index (χ2n) is 3.25. The molecule has 0 aliphatic carbocycles. The second kappa shape index (κ2) is 3.67. The van der Waals surface area contributed by atoms with E-state index in [0.717, 1.165) is 4.90 Å². The van der Waals surface area contributed by atoms with Crippen LogP contribution in [0.5, 0.6) is 0 Å². The molecule has 0 saturated carbocycles. The fourth-order valence-corrected chi connectivity index (χ4v) is 1.79. The molecule has 0 radical (unpaired) electrons. The molecule has 0 spiro atoms. The number of aliphatic hydroxyl groups is 1. The van der Waals surface area contributed by atoms with Gasteiger partial charge in [0.05, 0.1) is 5.69 Å². The predicted molar refractivity (Wildman–Crippen MR) is 50.0 cm³/mol. The van der Waals surface area contributed by atoms with Crippen LogP contribution < -0.4 is 5.11 Å². The minimum atomic E-state index is -1.39. The Labute approximate surface area is 90.9 Å². The van der Waals surface area contributed by atoms with Crippen LogP contribution in [0.1, 0.15) is 17.5 Å². The molecule has 0 bridgehead atoms. The van der Waals surface area contributed by atoms with Crippen molar-refractivity contribution < 1.29 is 15.0 Å². The van der Waals surface area contributed by atoms with E-state index in [1.807, 2.05) is 0 Å². The lowest BCUT2D eigenvalue weighted by Crippen LogP contribution is -2.46. The number of aromatic nitrogens is 1. The van der Waals surface area contributed by atoms with Gasteiger partial charge in [-0.15, -0.1) is 0 Å². The van der Waals surface area contributed by atoms with Crippen LogP contribution in [-0.4, -0.2) is 27.6 Å². The summed E-state index contributed by atoms with van der Waals surface area (Å²) in [5, 5.41) is 20.7. The minimum absolute atomic E-state index is 0.170. The molecule has 1 atom stereocenters. The van der Waals surface area contributed by atoms with Gasteiger partial charge in [-0.1, -0.05) is 11.6 Å². The van der Waals surface area contributed by atoms with Gasteiger partial charge in [0.25, 0.3) is 0 Å². The number of carbonyl (C=O) groups excluding carboxylic acids is 1. The molecular weight excluding hydrogens is 220 g/mol. The van der Waals surface area contributed by atoms with Gasteiger partial charge in [-0.2, -0.15) is 0 Å². The third kappa shape index (κ3) is 1.75. The van der Waals surface area contributed by atoms with Crippen LogP contribution in [0.2, 0.25) is 5.15 Å². The van der Waals surface area contributed by atoms with Gasteiger partial charge in [0.1, 0.15) is 11.2 Å². The van der Waals surface area contributed by atoms with Crippen LogP contribution in [0, 0.1) is 0 Å². The zero-order valence-electron chi connectivity index (χ0n) is 7.68. The van der Waals surface area contributed by atoms with Gasteiger partial charge in [0.15, 0.2) is 6.23 Å². The normalized spacial score (nSPS) is 19.9. The largest absolute Gasteiger partial charge is 0.530 e. The van der Waals surface area contributed by atoms with Crippen LogP contribution in [0.3, 0.4) is 0 Å². The number of carbonyl (C=O) groups is 1. The van der Waals surface area contributed by atoms with Crippen molar-refractivity contribution in [1.82, 2.24) is 9.88 Å². The monoisotopic (exact) mass is 227 g/mol. The van der Waals surface area contributed by atoms with E-state index >= 15 is 0 Å². The molecular formula is C9H8ClN2O3-. The van der Waals surface area contributed by atoms with E-state index in [4.69, 9.17) is 11.6 Å². The maximum Gasteiger partial charge on any atom is 0.155 e. The molecule has 2 rings (SSSR count). The van der Waals surface area contributed by atoms with Crippen molar-refractivity contribution in [3.8, 4) is 0 Å². The first-order valence-corrected chi connectivity index (χ1v) is 4.78. The Morgan fingerprint density at radius 1 is 1.67 bits per heavy atom. The zero-order chi connectivity index (χ0) is 11.0. The summed E-state index contributed by atoms with van der Waals surface area (Å²) in [6.07, 6.45) is -2.16. The number of nitrogens with zero attached hydrogens (tertiary/aromatic N) is 2. The van der Waals surface area contributed by atoms with E-state index in [2.05, 4.69) is 4.98 Å². The van der Waals surface area contributed by atoms with Crippen molar-refractivity contribution >= 4 is 17.7 Å². The van der Waals surface area contributed by atoms with Gasteiger partial charge >= 0.3 is 0 Å². The molecule has 1 amide bonds. The average molecular weight is 228 g/mol. The van der Waals surface area contributed by atoms with Gasteiger partial charge in [-0.3, -0.25) is 0 Å². The fraction of sp³-hybridized carbons (Fsp3) is 0.333. The lowest BCUT2D eigenvalue weighted by Gasteiger charge is -2.35. The van der Waals surface area contributed by atoms with E-state index in [1.54, 1.807) is 6.07 Å². The molecule has 1 N–H and O–H groups in total. The lowest BCUT2D eigenvalue weighted by atomic mass is 10.0. The Kier molecular flexibility index (Phi) is 2.50.